The maximum atomic E-state index is 10.8. The number of nitrogen functional groups attached to an aromatic ring is 1. The number of hydrogen-bond acceptors (Lipinski definition) is 9. The van der Waals surface area contributed by atoms with Crippen molar-refractivity contribution in [2.75, 3.05) is 18.7 Å². The van der Waals surface area contributed by atoms with Crippen LogP contribution in [0, 0.1) is 0 Å². The Balaban J connectivity index is 0.00000156. The molecule has 24 heavy (non-hydrogen) atoms. The summed E-state index contributed by atoms with van der Waals surface area (Å²) in [6.45, 7) is -0.294. The van der Waals surface area contributed by atoms with Crippen LogP contribution >= 0.6 is 7.60 Å². The number of nitrogens with two attached hydrogens (primary N) is 1. The van der Waals surface area contributed by atoms with Crippen LogP contribution in [0.3, 0.4) is 0 Å². The number of aliphatic hydroxyl groups excluding tert-OH is 1. The molecule has 1 aliphatic rings. The van der Waals surface area contributed by atoms with Crippen LogP contribution in [0.2, 0.25) is 0 Å². The molecule has 0 unspecified atom stereocenters. The minimum absolute atomic E-state index is 0. The molecule has 1 saturated heterocycles. The Morgan fingerprint density at radius 2 is 2.21 bits per heavy atom. The Kier molecular flexibility index (Phi) is 5.67. The second-order valence-corrected chi connectivity index (χ2v) is 6.55. The van der Waals surface area contributed by atoms with E-state index in [4.69, 9.17) is 25.0 Å². The molecule has 12 nitrogen and oxygen atoms in total. The van der Waals surface area contributed by atoms with Crippen molar-refractivity contribution < 1.29 is 65.0 Å². The number of aliphatic hydroxyl groups is 2. The summed E-state index contributed by atoms with van der Waals surface area (Å²) in [6, 6.07) is 0. The van der Waals surface area contributed by atoms with Crippen LogP contribution in [0.5, 0.6) is 0 Å². The quantitative estimate of drug-likeness (QED) is 0.256. The molecular formula is C10H15N5NaO7P. The van der Waals surface area contributed by atoms with Gasteiger partial charge in [0.15, 0.2) is 17.6 Å². The van der Waals surface area contributed by atoms with Gasteiger partial charge >= 0.3 is 37.2 Å². The van der Waals surface area contributed by atoms with Crippen molar-refractivity contribution in [3.05, 3.63) is 12.7 Å². The Bertz CT molecular complexity index is 790. The molecular weight excluding hydrogens is 356 g/mol. The van der Waals surface area contributed by atoms with Gasteiger partial charge in [-0.05, 0) is 0 Å². The number of imidazole rings is 1. The summed E-state index contributed by atoms with van der Waals surface area (Å²) >= 11 is 0. The van der Waals surface area contributed by atoms with Crippen LogP contribution < -0.4 is 35.3 Å². The number of ether oxygens (including phenoxy) is 2. The molecule has 0 aromatic carbocycles. The van der Waals surface area contributed by atoms with E-state index in [1.165, 1.54) is 0 Å². The third kappa shape index (κ3) is 3.48. The van der Waals surface area contributed by atoms with Gasteiger partial charge in [-0.15, -0.1) is 0 Å². The standard InChI is InChI=1S/C10H14N5O7P.Na.H/c11-8-6-9(13-2-12-8)15(3-14-6)10(17)7(16)5(1-22-10)21-4-23(18,19)20;;/h2-3,5,7,16-17H,1,4H2,(H2,11,12,13)(H2,18,19,20);;/q;+1;-1/t5-,7+,10-;;/m1../s1. The van der Waals surface area contributed by atoms with Gasteiger partial charge in [0.1, 0.15) is 30.6 Å². The minimum atomic E-state index is -4.42. The zero-order valence-corrected chi connectivity index (χ0v) is 15.4. The van der Waals surface area contributed by atoms with E-state index in [0.717, 1.165) is 17.2 Å². The summed E-state index contributed by atoms with van der Waals surface area (Å²) in [5, 5.41) is 20.8. The number of anilines is 1. The zero-order valence-electron chi connectivity index (χ0n) is 13.6. The third-order valence-electron chi connectivity index (χ3n) is 3.36. The van der Waals surface area contributed by atoms with Crippen LogP contribution in [0.4, 0.5) is 5.82 Å². The van der Waals surface area contributed by atoms with Crippen molar-refractivity contribution in [2.24, 2.45) is 0 Å². The summed E-state index contributed by atoms with van der Waals surface area (Å²) in [6.07, 6.45) is -1.38. The summed E-state index contributed by atoms with van der Waals surface area (Å²) in [4.78, 5) is 29.2. The first-order valence-corrected chi connectivity index (χ1v) is 8.17. The largest absolute Gasteiger partial charge is 1.00 e. The first kappa shape index (κ1) is 19.7. The van der Waals surface area contributed by atoms with Gasteiger partial charge in [0, 0.05) is 0 Å². The van der Waals surface area contributed by atoms with Gasteiger partial charge in [-0.25, -0.2) is 15.0 Å². The van der Waals surface area contributed by atoms with Crippen LogP contribution in [0.1, 0.15) is 1.43 Å². The van der Waals surface area contributed by atoms with E-state index in [-0.39, 0.29) is 54.6 Å². The van der Waals surface area contributed by atoms with Crippen molar-refractivity contribution in [1.82, 2.24) is 19.5 Å². The van der Waals surface area contributed by atoms with E-state index < -0.39 is 32.1 Å². The van der Waals surface area contributed by atoms with Gasteiger partial charge in [0.05, 0.1) is 6.61 Å². The average molecular weight is 371 g/mol. The summed E-state index contributed by atoms with van der Waals surface area (Å²) in [5.74, 6) is -2.19. The van der Waals surface area contributed by atoms with Gasteiger partial charge in [0.25, 0.3) is 5.91 Å². The monoisotopic (exact) mass is 371 g/mol. The Labute approximate surface area is 158 Å². The fourth-order valence-electron chi connectivity index (χ4n) is 2.25. The normalized spacial score (nSPS) is 27.3. The molecule has 128 valence electrons. The molecule has 3 heterocycles. The van der Waals surface area contributed by atoms with E-state index in [1.54, 1.807) is 0 Å². The van der Waals surface area contributed by atoms with Crippen molar-refractivity contribution in [2.45, 2.75) is 18.1 Å². The van der Waals surface area contributed by atoms with Crippen LogP contribution in [0.25, 0.3) is 11.2 Å². The smallest absolute Gasteiger partial charge is 1.00 e. The third-order valence-corrected chi connectivity index (χ3v) is 3.85. The summed E-state index contributed by atoms with van der Waals surface area (Å²) < 4.78 is 22.0. The van der Waals surface area contributed by atoms with Crippen molar-refractivity contribution >= 4 is 24.6 Å². The predicted molar refractivity (Wildman–Crippen MR) is 74.8 cm³/mol. The second kappa shape index (κ2) is 6.92. The van der Waals surface area contributed by atoms with E-state index in [2.05, 4.69) is 15.0 Å². The summed E-state index contributed by atoms with van der Waals surface area (Å²) in [7, 11) is -4.42. The van der Waals surface area contributed by atoms with Crippen molar-refractivity contribution in [1.29, 1.82) is 0 Å². The molecule has 0 spiro atoms. The van der Waals surface area contributed by atoms with Crippen LogP contribution in [-0.4, -0.2) is 64.7 Å². The fourth-order valence-corrected chi connectivity index (χ4v) is 2.64. The maximum absolute atomic E-state index is 10.8. The fraction of sp³-hybridized carbons (Fsp3) is 0.500. The molecule has 0 saturated carbocycles. The SMILES string of the molecule is Nc1ncnc2c1ncn2[C@]1(O)OC[C@@H](OCP(=O)(O)O)[C@@H]1O.[H-].[Na+]. The molecule has 1 fully saturated rings. The Morgan fingerprint density at radius 1 is 1.50 bits per heavy atom. The molecule has 0 bridgehead atoms. The number of fused-ring (bicyclic) bond motifs is 1. The zero-order chi connectivity index (χ0) is 16.8. The Morgan fingerprint density at radius 3 is 2.88 bits per heavy atom. The number of nitrogens with zero attached hydrogens (tertiary/aromatic N) is 4. The van der Waals surface area contributed by atoms with Gasteiger partial charge < -0.3 is 36.6 Å². The summed E-state index contributed by atoms with van der Waals surface area (Å²) in [5.41, 5.74) is 5.97. The van der Waals surface area contributed by atoms with E-state index >= 15 is 0 Å². The van der Waals surface area contributed by atoms with E-state index in [0.29, 0.717) is 0 Å². The minimum Gasteiger partial charge on any atom is -1.00 e. The van der Waals surface area contributed by atoms with Gasteiger partial charge in [-0.1, -0.05) is 0 Å². The first-order valence-electron chi connectivity index (χ1n) is 6.37. The van der Waals surface area contributed by atoms with Gasteiger partial charge in [0.2, 0.25) is 0 Å². The first-order chi connectivity index (χ1) is 10.7. The molecule has 0 amide bonds. The molecule has 1 aliphatic heterocycles. The number of aromatic nitrogens is 4. The van der Waals surface area contributed by atoms with E-state index in [1.807, 2.05) is 0 Å². The van der Waals surface area contributed by atoms with Crippen molar-refractivity contribution in [3.8, 4) is 0 Å². The maximum Gasteiger partial charge on any atom is 1.00 e. The predicted octanol–water partition coefficient (Wildman–Crippen LogP) is -4.96. The molecule has 0 radical (unpaired) electrons. The average Bonchev–Trinajstić information content (AvgIpc) is 3.01. The van der Waals surface area contributed by atoms with Crippen LogP contribution in [-0.2, 0) is 19.9 Å². The number of rotatable bonds is 4. The number of hydrogen-bond donors (Lipinski definition) is 5. The van der Waals surface area contributed by atoms with Gasteiger partial charge in [-0.3, -0.25) is 9.13 Å². The Hall–Kier alpha value is -0.660. The second-order valence-electron chi connectivity index (χ2n) is 4.96. The van der Waals surface area contributed by atoms with E-state index in [9.17, 15) is 14.8 Å². The molecule has 0 aliphatic carbocycles. The molecule has 3 atom stereocenters. The molecule has 2 aromatic rings. The molecule has 3 rings (SSSR count). The van der Waals surface area contributed by atoms with Gasteiger partial charge in [-0.2, -0.15) is 0 Å². The van der Waals surface area contributed by atoms with Crippen molar-refractivity contribution in [3.63, 3.8) is 0 Å². The topological polar surface area (TPSA) is 186 Å². The molecule has 14 heteroatoms. The van der Waals surface area contributed by atoms with Crippen LogP contribution in [0.15, 0.2) is 12.7 Å². The molecule has 6 N–H and O–H groups in total. The molecule has 2 aromatic heterocycles.